The van der Waals surface area contributed by atoms with Gasteiger partial charge in [0.15, 0.2) is 0 Å². The fourth-order valence-corrected chi connectivity index (χ4v) is 3.92. The molecular weight excluding hydrogens is 362 g/mol. The number of benzene rings is 1. The van der Waals surface area contributed by atoms with Gasteiger partial charge in [-0.15, -0.1) is 12.4 Å². The van der Waals surface area contributed by atoms with Gasteiger partial charge in [0.2, 0.25) is 5.91 Å². The highest BCUT2D eigenvalue weighted by Crippen LogP contribution is 2.33. The van der Waals surface area contributed by atoms with Crippen LogP contribution in [0.2, 0.25) is 0 Å². The van der Waals surface area contributed by atoms with Crippen LogP contribution in [0.4, 0.5) is 5.69 Å². The van der Waals surface area contributed by atoms with Crippen LogP contribution in [0.1, 0.15) is 69.7 Å². The number of rotatable bonds is 5. The van der Waals surface area contributed by atoms with E-state index in [0.717, 1.165) is 18.5 Å². The van der Waals surface area contributed by atoms with Gasteiger partial charge in [-0.25, -0.2) is 0 Å². The Labute approximate surface area is 168 Å². The molecule has 1 aliphatic carbocycles. The van der Waals surface area contributed by atoms with Crippen molar-refractivity contribution in [2.45, 2.75) is 76.9 Å². The van der Waals surface area contributed by atoms with Gasteiger partial charge >= 0.3 is 0 Å². The van der Waals surface area contributed by atoms with Gasteiger partial charge in [-0.05, 0) is 69.7 Å². The maximum absolute atomic E-state index is 12.6. The number of fused-ring (bicyclic) bond motifs is 1. The molecule has 0 aromatic heterocycles. The molecule has 0 bridgehead atoms. The Morgan fingerprint density at radius 1 is 1.15 bits per heavy atom. The normalized spacial score (nSPS) is 24.5. The van der Waals surface area contributed by atoms with Gasteiger partial charge in [0, 0.05) is 22.8 Å². The smallest absolute Gasteiger partial charge is 0.251 e. The summed E-state index contributed by atoms with van der Waals surface area (Å²) < 4.78 is 0. The topological polar surface area (TPSA) is 70.2 Å². The van der Waals surface area contributed by atoms with E-state index in [-0.39, 0.29) is 35.8 Å². The first-order chi connectivity index (χ1) is 12.4. The van der Waals surface area contributed by atoms with Crippen molar-refractivity contribution in [2.75, 3.05) is 5.32 Å². The number of amides is 2. The minimum absolute atomic E-state index is 0. The molecule has 1 saturated carbocycles. The molecule has 2 aliphatic rings. The Hall–Kier alpha value is -1.59. The molecule has 3 N–H and O–H groups in total. The maximum atomic E-state index is 12.6. The van der Waals surface area contributed by atoms with E-state index in [1.165, 1.54) is 25.7 Å². The summed E-state index contributed by atoms with van der Waals surface area (Å²) in [5, 5.41) is 9.50. The fraction of sp³-hybridized carbons (Fsp3) is 0.619. The summed E-state index contributed by atoms with van der Waals surface area (Å²) in [5.74, 6) is 0.590. The average molecular weight is 394 g/mol. The number of carbonyl (C=O) groups excluding carboxylic acids is 2. The molecule has 5 nitrogen and oxygen atoms in total. The molecule has 3 atom stereocenters. The van der Waals surface area contributed by atoms with Crippen LogP contribution in [0.3, 0.4) is 0 Å². The number of carbonyl (C=O) groups is 2. The molecule has 2 amide bonds. The number of nitrogens with one attached hydrogen (secondary N) is 3. The number of halogens is 1. The molecule has 1 aromatic rings. The van der Waals surface area contributed by atoms with Crippen molar-refractivity contribution >= 4 is 29.9 Å². The molecule has 6 heteroatoms. The lowest BCUT2D eigenvalue weighted by molar-refractivity contribution is -0.117. The number of anilines is 1. The van der Waals surface area contributed by atoms with E-state index >= 15 is 0 Å². The zero-order valence-corrected chi connectivity index (χ0v) is 17.3. The molecule has 1 saturated heterocycles. The zero-order valence-electron chi connectivity index (χ0n) is 16.5. The van der Waals surface area contributed by atoms with Crippen LogP contribution in [0.15, 0.2) is 24.3 Å². The van der Waals surface area contributed by atoms with E-state index in [9.17, 15) is 9.59 Å². The molecular formula is C21H32ClN3O2. The van der Waals surface area contributed by atoms with Crippen LogP contribution in [-0.4, -0.2) is 29.4 Å². The molecule has 1 heterocycles. The predicted octanol–water partition coefficient (Wildman–Crippen LogP) is 3.89. The molecule has 3 rings (SSSR count). The highest BCUT2D eigenvalue weighted by Gasteiger charge is 2.38. The summed E-state index contributed by atoms with van der Waals surface area (Å²) in [6.45, 7) is 6.06. The maximum Gasteiger partial charge on any atom is 0.251 e. The molecule has 3 unspecified atom stereocenters. The van der Waals surface area contributed by atoms with E-state index in [2.05, 4.69) is 16.0 Å². The van der Waals surface area contributed by atoms with Gasteiger partial charge < -0.3 is 16.0 Å². The molecule has 2 fully saturated rings. The molecule has 1 aliphatic heterocycles. The summed E-state index contributed by atoms with van der Waals surface area (Å²) >= 11 is 0. The summed E-state index contributed by atoms with van der Waals surface area (Å²) in [7, 11) is 0. The monoisotopic (exact) mass is 393 g/mol. The lowest BCUT2D eigenvalue weighted by atomic mass is 9.85. The third-order valence-electron chi connectivity index (χ3n) is 5.93. The standard InChI is InChI=1S/C21H31N3O2.ClH/c1-4-21(2,3)24-19(25)14-9-11-16(12-10-14)22-20(26)18-13-15-7-5-6-8-17(15)23-18;/h9-12,15,17-18,23H,4-8,13H2,1-3H3,(H,22,26)(H,24,25);1H. The van der Waals surface area contributed by atoms with Crippen molar-refractivity contribution in [1.29, 1.82) is 0 Å². The Kier molecular flexibility index (Phi) is 7.29. The van der Waals surface area contributed by atoms with Gasteiger partial charge in [0.05, 0.1) is 6.04 Å². The van der Waals surface area contributed by atoms with E-state index < -0.39 is 0 Å². The van der Waals surface area contributed by atoms with Crippen molar-refractivity contribution in [3.8, 4) is 0 Å². The predicted molar refractivity (Wildman–Crippen MR) is 111 cm³/mol. The first kappa shape index (κ1) is 21.7. The zero-order chi connectivity index (χ0) is 18.7. The summed E-state index contributed by atoms with van der Waals surface area (Å²) in [4.78, 5) is 24.8. The van der Waals surface area contributed by atoms with Gasteiger partial charge in [0.1, 0.15) is 0 Å². The number of hydrogen-bond acceptors (Lipinski definition) is 3. The minimum Gasteiger partial charge on any atom is -0.347 e. The molecule has 1 aromatic carbocycles. The first-order valence-electron chi connectivity index (χ1n) is 9.87. The van der Waals surface area contributed by atoms with Crippen molar-refractivity contribution in [2.24, 2.45) is 5.92 Å². The summed E-state index contributed by atoms with van der Waals surface area (Å²) in [6, 6.07) is 7.53. The molecule has 27 heavy (non-hydrogen) atoms. The average Bonchev–Trinajstić information content (AvgIpc) is 3.06. The van der Waals surface area contributed by atoms with Gasteiger partial charge in [-0.2, -0.15) is 0 Å². The Morgan fingerprint density at radius 3 is 2.44 bits per heavy atom. The minimum atomic E-state index is -0.227. The fourth-order valence-electron chi connectivity index (χ4n) is 3.92. The Morgan fingerprint density at radius 2 is 1.81 bits per heavy atom. The highest BCUT2D eigenvalue weighted by atomic mass is 35.5. The van der Waals surface area contributed by atoms with Crippen molar-refractivity contribution < 1.29 is 9.59 Å². The van der Waals surface area contributed by atoms with Crippen molar-refractivity contribution in [3.05, 3.63) is 29.8 Å². The van der Waals surface area contributed by atoms with Crippen LogP contribution in [0.5, 0.6) is 0 Å². The van der Waals surface area contributed by atoms with Crippen LogP contribution in [0.25, 0.3) is 0 Å². The third-order valence-corrected chi connectivity index (χ3v) is 5.93. The molecule has 150 valence electrons. The second-order valence-corrected chi connectivity index (χ2v) is 8.36. The van der Waals surface area contributed by atoms with Crippen molar-refractivity contribution in [3.63, 3.8) is 0 Å². The Balaban J connectivity index is 0.00000261. The van der Waals surface area contributed by atoms with Gasteiger partial charge in [-0.3, -0.25) is 9.59 Å². The second-order valence-electron chi connectivity index (χ2n) is 8.36. The molecule has 0 radical (unpaired) electrons. The van der Waals surface area contributed by atoms with Crippen LogP contribution >= 0.6 is 12.4 Å². The van der Waals surface area contributed by atoms with E-state index in [1.807, 2.05) is 20.8 Å². The second kappa shape index (κ2) is 9.07. The SMILES string of the molecule is CCC(C)(C)NC(=O)c1ccc(NC(=O)C2CC3CCCCC3N2)cc1.Cl. The Bertz CT molecular complexity index is 646. The summed E-state index contributed by atoms with van der Waals surface area (Å²) in [6.07, 6.45) is 6.77. The van der Waals surface area contributed by atoms with Crippen LogP contribution < -0.4 is 16.0 Å². The first-order valence-corrected chi connectivity index (χ1v) is 9.87. The van der Waals surface area contributed by atoms with Crippen LogP contribution in [0, 0.1) is 5.92 Å². The van der Waals surface area contributed by atoms with E-state index in [0.29, 0.717) is 17.5 Å². The largest absolute Gasteiger partial charge is 0.347 e. The highest BCUT2D eigenvalue weighted by molar-refractivity contribution is 5.97. The van der Waals surface area contributed by atoms with Crippen molar-refractivity contribution in [1.82, 2.24) is 10.6 Å². The van der Waals surface area contributed by atoms with Gasteiger partial charge in [0.25, 0.3) is 5.91 Å². The number of hydrogen-bond donors (Lipinski definition) is 3. The lowest BCUT2D eigenvalue weighted by Gasteiger charge is -2.24. The quantitative estimate of drug-likeness (QED) is 0.710. The molecule has 0 spiro atoms. The summed E-state index contributed by atoms with van der Waals surface area (Å²) in [5.41, 5.74) is 1.11. The lowest BCUT2D eigenvalue weighted by Crippen LogP contribution is -2.42. The third kappa shape index (κ3) is 5.45. The van der Waals surface area contributed by atoms with E-state index in [4.69, 9.17) is 0 Å². The van der Waals surface area contributed by atoms with Gasteiger partial charge in [-0.1, -0.05) is 19.8 Å². The van der Waals surface area contributed by atoms with Crippen LogP contribution in [-0.2, 0) is 4.79 Å². The van der Waals surface area contributed by atoms with E-state index in [1.54, 1.807) is 24.3 Å².